The van der Waals surface area contributed by atoms with Gasteiger partial charge in [0.15, 0.2) is 5.69 Å². The van der Waals surface area contributed by atoms with E-state index < -0.39 is 0 Å². The number of nitrogens with two attached hydrogens (primary N) is 1. The fraction of sp³-hybridized carbons (Fsp3) is 0.0909. The van der Waals surface area contributed by atoms with E-state index in [-0.39, 0.29) is 18.1 Å². The molecule has 3 N–H and O–H groups in total. The van der Waals surface area contributed by atoms with Crippen molar-refractivity contribution in [1.82, 2.24) is 30.5 Å². The minimum absolute atomic E-state index is 0.179. The van der Waals surface area contributed by atoms with Crippen LogP contribution in [0.25, 0.3) is 11.4 Å². The largest absolute Gasteiger partial charge is 0.382 e. The van der Waals surface area contributed by atoms with Gasteiger partial charge in [0.1, 0.15) is 18.1 Å². The smallest absolute Gasteiger partial charge is 0.204 e. The minimum atomic E-state index is -0.218. The molecule has 0 saturated carbocycles. The predicted octanol–water partition coefficient (Wildman–Crippen LogP) is 0.0555. The summed E-state index contributed by atoms with van der Waals surface area (Å²) < 4.78 is 4.56. The molecule has 0 amide bonds. The third kappa shape index (κ3) is 2.23. The highest BCUT2D eigenvalue weighted by molar-refractivity contribution is 5.93. The quantitative estimate of drug-likeness (QED) is 0.505. The summed E-state index contributed by atoms with van der Waals surface area (Å²) in [6.45, 7) is 0.179. The second-order valence-corrected chi connectivity index (χ2v) is 3.98. The molecule has 20 heavy (non-hydrogen) atoms. The summed E-state index contributed by atoms with van der Waals surface area (Å²) in [5.74, 6) is 0.288. The average molecular weight is 270 g/mol. The average Bonchev–Trinajstić information content (AvgIpc) is 3.09. The second kappa shape index (κ2) is 4.88. The normalized spacial score (nSPS) is 10.6. The molecule has 0 fully saturated rings. The Balaban J connectivity index is 1.84. The first-order chi connectivity index (χ1) is 9.74. The number of nitrogens with one attached hydrogen (secondary N) is 1. The zero-order valence-electron chi connectivity index (χ0n) is 10.3. The van der Waals surface area contributed by atoms with Gasteiger partial charge in [-0.25, -0.2) is 4.63 Å². The van der Waals surface area contributed by atoms with Crippen LogP contribution in [0.5, 0.6) is 0 Å². The molecule has 0 aliphatic rings. The van der Waals surface area contributed by atoms with Crippen molar-refractivity contribution < 1.29 is 4.63 Å². The molecule has 0 radical (unpaired) electrons. The molecule has 0 aliphatic heterocycles. The van der Waals surface area contributed by atoms with Crippen LogP contribution >= 0.6 is 0 Å². The Morgan fingerprint density at radius 2 is 2.05 bits per heavy atom. The van der Waals surface area contributed by atoms with Crippen molar-refractivity contribution in [2.24, 2.45) is 5.73 Å². The molecule has 2 aromatic heterocycles. The number of rotatable bonds is 4. The molecule has 0 spiro atoms. The van der Waals surface area contributed by atoms with Gasteiger partial charge < -0.3 is 5.73 Å². The van der Waals surface area contributed by atoms with Crippen LogP contribution in [0.4, 0.5) is 0 Å². The Morgan fingerprint density at radius 1 is 1.25 bits per heavy atom. The maximum absolute atomic E-state index is 7.35. The molecule has 3 aromatic rings. The Hall–Kier alpha value is -3.10. The standard InChI is InChI=1S/C11H10N8O/c12-10(13)9-8(16-20-17-9)6-19-15-11(14-18-19)7-4-2-1-3-5-7/h1-5H,6H2,(H3,12,13). The van der Waals surface area contributed by atoms with E-state index in [1.54, 1.807) is 0 Å². The minimum Gasteiger partial charge on any atom is -0.382 e. The topological polar surface area (TPSA) is 132 Å². The first-order valence-electron chi connectivity index (χ1n) is 5.73. The van der Waals surface area contributed by atoms with Crippen molar-refractivity contribution in [1.29, 1.82) is 5.41 Å². The molecule has 0 bridgehead atoms. The fourth-order valence-corrected chi connectivity index (χ4v) is 1.66. The summed E-state index contributed by atoms with van der Waals surface area (Å²) in [5.41, 5.74) is 6.80. The van der Waals surface area contributed by atoms with Gasteiger partial charge in [0.05, 0.1) is 0 Å². The summed E-state index contributed by atoms with van der Waals surface area (Å²) in [4.78, 5) is 1.34. The Kier molecular flexibility index (Phi) is 2.92. The lowest BCUT2D eigenvalue weighted by Crippen LogP contribution is -2.16. The maximum atomic E-state index is 7.35. The van der Waals surface area contributed by atoms with E-state index in [0.717, 1.165) is 5.56 Å². The summed E-state index contributed by atoms with van der Waals surface area (Å²) in [7, 11) is 0. The van der Waals surface area contributed by atoms with E-state index in [2.05, 4.69) is 30.4 Å². The van der Waals surface area contributed by atoms with Gasteiger partial charge in [-0.3, -0.25) is 5.41 Å². The highest BCUT2D eigenvalue weighted by Crippen LogP contribution is 2.12. The van der Waals surface area contributed by atoms with Crippen molar-refractivity contribution in [3.63, 3.8) is 0 Å². The van der Waals surface area contributed by atoms with Crippen molar-refractivity contribution in [2.75, 3.05) is 0 Å². The first kappa shape index (κ1) is 12.0. The molecule has 100 valence electrons. The number of benzene rings is 1. The molecule has 0 saturated heterocycles. The fourth-order valence-electron chi connectivity index (χ4n) is 1.66. The molecule has 9 heteroatoms. The molecule has 1 aromatic carbocycles. The monoisotopic (exact) mass is 270 g/mol. The summed E-state index contributed by atoms with van der Waals surface area (Å²) >= 11 is 0. The van der Waals surface area contributed by atoms with Crippen LogP contribution < -0.4 is 5.73 Å². The van der Waals surface area contributed by atoms with Crippen LogP contribution in [0.3, 0.4) is 0 Å². The number of hydrogen-bond donors (Lipinski definition) is 2. The highest BCUT2D eigenvalue weighted by Gasteiger charge is 2.15. The molecule has 0 atom stereocenters. The summed E-state index contributed by atoms with van der Waals surface area (Å²) in [6, 6.07) is 9.48. The lowest BCUT2D eigenvalue weighted by molar-refractivity contribution is 0.301. The van der Waals surface area contributed by atoms with Crippen LogP contribution in [-0.4, -0.2) is 36.4 Å². The number of amidine groups is 1. The van der Waals surface area contributed by atoms with E-state index in [4.69, 9.17) is 11.1 Å². The maximum Gasteiger partial charge on any atom is 0.204 e. The number of nitrogen functional groups attached to an aromatic ring is 1. The van der Waals surface area contributed by atoms with Crippen LogP contribution in [0, 0.1) is 5.41 Å². The van der Waals surface area contributed by atoms with E-state index in [1.807, 2.05) is 30.3 Å². The van der Waals surface area contributed by atoms with E-state index in [1.165, 1.54) is 4.80 Å². The number of tetrazole rings is 1. The molecular weight excluding hydrogens is 260 g/mol. The molecule has 0 aliphatic carbocycles. The van der Waals surface area contributed by atoms with Crippen LogP contribution in [0.1, 0.15) is 11.4 Å². The number of nitrogens with zero attached hydrogens (tertiary/aromatic N) is 6. The zero-order chi connectivity index (χ0) is 13.9. The van der Waals surface area contributed by atoms with Crippen LogP contribution in [0.15, 0.2) is 35.0 Å². The third-order valence-corrected chi connectivity index (χ3v) is 2.59. The van der Waals surface area contributed by atoms with Gasteiger partial charge >= 0.3 is 0 Å². The van der Waals surface area contributed by atoms with E-state index in [0.29, 0.717) is 11.5 Å². The second-order valence-electron chi connectivity index (χ2n) is 3.98. The Bertz CT molecular complexity index is 732. The molecule has 9 nitrogen and oxygen atoms in total. The van der Waals surface area contributed by atoms with Crippen molar-refractivity contribution in [2.45, 2.75) is 6.54 Å². The van der Waals surface area contributed by atoms with Gasteiger partial charge in [0, 0.05) is 5.56 Å². The number of hydrogen-bond acceptors (Lipinski definition) is 7. The van der Waals surface area contributed by atoms with E-state index >= 15 is 0 Å². The van der Waals surface area contributed by atoms with E-state index in [9.17, 15) is 0 Å². The first-order valence-corrected chi connectivity index (χ1v) is 5.73. The van der Waals surface area contributed by atoms with Crippen molar-refractivity contribution in [3.05, 3.63) is 41.7 Å². The van der Waals surface area contributed by atoms with Gasteiger partial charge in [-0.2, -0.15) is 4.80 Å². The predicted molar refractivity (Wildman–Crippen MR) is 67.7 cm³/mol. The highest BCUT2D eigenvalue weighted by atomic mass is 16.6. The van der Waals surface area contributed by atoms with Gasteiger partial charge in [-0.05, 0) is 10.4 Å². The van der Waals surface area contributed by atoms with Gasteiger partial charge in [0.2, 0.25) is 5.82 Å². The lowest BCUT2D eigenvalue weighted by Gasteiger charge is -1.96. The van der Waals surface area contributed by atoms with Gasteiger partial charge in [-0.1, -0.05) is 35.5 Å². The Morgan fingerprint density at radius 3 is 2.80 bits per heavy atom. The van der Waals surface area contributed by atoms with Crippen LogP contribution in [0.2, 0.25) is 0 Å². The van der Waals surface area contributed by atoms with Crippen molar-refractivity contribution in [3.8, 4) is 11.4 Å². The molecule has 2 heterocycles. The molecule has 3 rings (SSSR count). The third-order valence-electron chi connectivity index (χ3n) is 2.59. The lowest BCUT2D eigenvalue weighted by atomic mass is 10.2. The Labute approximate surface area is 112 Å². The van der Waals surface area contributed by atoms with Crippen molar-refractivity contribution >= 4 is 5.84 Å². The van der Waals surface area contributed by atoms with Crippen LogP contribution in [-0.2, 0) is 6.54 Å². The molecular formula is C11H10N8O. The summed E-state index contributed by atoms with van der Waals surface area (Å²) in [5, 5.41) is 26.7. The molecule has 0 unspecified atom stereocenters. The van der Waals surface area contributed by atoms with Gasteiger partial charge in [0.25, 0.3) is 0 Å². The van der Waals surface area contributed by atoms with Gasteiger partial charge in [-0.15, -0.1) is 10.2 Å². The zero-order valence-corrected chi connectivity index (χ0v) is 10.3. The SMILES string of the molecule is N=C(N)c1nonc1Cn1nnc(-c2ccccc2)n1. The summed E-state index contributed by atoms with van der Waals surface area (Å²) in [6.07, 6.45) is 0. The number of aromatic nitrogens is 6.